The van der Waals surface area contributed by atoms with Crippen molar-refractivity contribution in [1.29, 1.82) is 0 Å². The molecule has 0 unspecified atom stereocenters. The molecule has 4 heteroatoms. The van der Waals surface area contributed by atoms with Gasteiger partial charge in [0.05, 0.1) is 0 Å². The summed E-state index contributed by atoms with van der Waals surface area (Å²) in [7, 11) is 0. The van der Waals surface area contributed by atoms with Crippen molar-refractivity contribution in [3.05, 3.63) is 35.4 Å². The highest BCUT2D eigenvalue weighted by molar-refractivity contribution is 7.99. The average molecular weight is 270 g/mol. The number of rotatable bonds is 4. The molecule has 1 heterocycles. The van der Waals surface area contributed by atoms with E-state index in [1.807, 2.05) is 11.8 Å². The van der Waals surface area contributed by atoms with Crippen molar-refractivity contribution in [2.75, 3.05) is 11.5 Å². The predicted molar refractivity (Wildman–Crippen MR) is 69.7 cm³/mol. The first-order valence-corrected chi connectivity index (χ1v) is 7.34. The Morgan fingerprint density at radius 3 is 2.72 bits per heavy atom. The summed E-state index contributed by atoms with van der Waals surface area (Å²) in [6, 6.07) is 3.26. The molecule has 98 valence electrons. The molecule has 0 spiro atoms. The van der Waals surface area contributed by atoms with Crippen molar-refractivity contribution in [2.45, 2.75) is 25.7 Å². The van der Waals surface area contributed by atoms with Crippen LogP contribution in [0.5, 0.6) is 0 Å². The van der Waals surface area contributed by atoms with Crippen LogP contribution in [0.2, 0.25) is 0 Å². The molecular formula is C14H16F2OS. The largest absolute Gasteiger partial charge is 0.299 e. The Morgan fingerprint density at radius 1 is 1.28 bits per heavy atom. The third kappa shape index (κ3) is 3.80. The summed E-state index contributed by atoms with van der Waals surface area (Å²) in [5.74, 6) is 1.66. The van der Waals surface area contributed by atoms with E-state index in [2.05, 4.69) is 0 Å². The van der Waals surface area contributed by atoms with E-state index in [4.69, 9.17) is 0 Å². The fourth-order valence-corrected chi connectivity index (χ4v) is 3.44. The third-order valence-electron chi connectivity index (χ3n) is 3.25. The number of hydrogen-bond donors (Lipinski definition) is 0. The number of carbonyl (C=O) groups excluding carboxylic acids is 1. The van der Waals surface area contributed by atoms with Gasteiger partial charge in [0, 0.05) is 12.8 Å². The van der Waals surface area contributed by atoms with Crippen LogP contribution in [-0.4, -0.2) is 17.3 Å². The Bertz CT molecular complexity index is 428. The number of carbonyl (C=O) groups is 1. The van der Waals surface area contributed by atoms with Crippen molar-refractivity contribution < 1.29 is 13.6 Å². The summed E-state index contributed by atoms with van der Waals surface area (Å²) in [4.78, 5) is 11.8. The van der Waals surface area contributed by atoms with Gasteiger partial charge in [0.25, 0.3) is 0 Å². The van der Waals surface area contributed by atoms with E-state index in [0.717, 1.165) is 42.5 Å². The van der Waals surface area contributed by atoms with Crippen molar-refractivity contribution >= 4 is 17.5 Å². The average Bonchev–Trinajstić information content (AvgIpc) is 2.35. The van der Waals surface area contributed by atoms with Crippen LogP contribution in [0, 0.1) is 17.6 Å². The van der Waals surface area contributed by atoms with Crippen LogP contribution in [0.1, 0.15) is 24.8 Å². The van der Waals surface area contributed by atoms with E-state index in [-0.39, 0.29) is 17.8 Å². The Labute approximate surface area is 110 Å². The van der Waals surface area contributed by atoms with Crippen LogP contribution in [-0.2, 0) is 11.2 Å². The molecule has 1 fully saturated rings. The molecule has 0 aliphatic carbocycles. The fraction of sp³-hybridized carbons (Fsp3) is 0.500. The highest BCUT2D eigenvalue weighted by Crippen LogP contribution is 2.26. The lowest BCUT2D eigenvalue weighted by molar-refractivity contribution is -0.119. The molecule has 0 amide bonds. The third-order valence-corrected chi connectivity index (χ3v) is 4.30. The maximum atomic E-state index is 13.4. The summed E-state index contributed by atoms with van der Waals surface area (Å²) < 4.78 is 26.4. The second-order valence-electron chi connectivity index (χ2n) is 4.71. The molecular weight excluding hydrogens is 254 g/mol. The Morgan fingerprint density at radius 2 is 2.00 bits per heavy atom. The normalized spacial score (nSPS) is 16.8. The maximum Gasteiger partial charge on any atom is 0.137 e. The van der Waals surface area contributed by atoms with Crippen molar-refractivity contribution in [1.82, 2.24) is 0 Å². The van der Waals surface area contributed by atoms with Crippen LogP contribution < -0.4 is 0 Å². The van der Waals surface area contributed by atoms with Crippen molar-refractivity contribution in [3.8, 4) is 0 Å². The number of halogens is 2. The van der Waals surface area contributed by atoms with Gasteiger partial charge in [-0.3, -0.25) is 4.79 Å². The monoisotopic (exact) mass is 270 g/mol. The lowest BCUT2D eigenvalue weighted by atomic mass is 9.94. The van der Waals surface area contributed by atoms with E-state index in [1.54, 1.807) is 0 Å². The molecule has 0 N–H and O–H groups in total. The standard InChI is InChI=1S/C14H16F2OS/c15-12-1-2-14(16)11(8-12)9-13(17)7-10-3-5-18-6-4-10/h1-2,8,10H,3-7,9H2. The van der Waals surface area contributed by atoms with Gasteiger partial charge in [-0.2, -0.15) is 11.8 Å². The smallest absolute Gasteiger partial charge is 0.137 e. The summed E-state index contributed by atoms with van der Waals surface area (Å²) in [6.45, 7) is 0. The van der Waals surface area contributed by atoms with Crippen LogP contribution >= 0.6 is 11.8 Å². The molecule has 1 aromatic rings. The highest BCUT2D eigenvalue weighted by atomic mass is 32.2. The number of benzene rings is 1. The van der Waals surface area contributed by atoms with E-state index in [0.29, 0.717) is 12.3 Å². The zero-order valence-electron chi connectivity index (χ0n) is 10.1. The van der Waals surface area contributed by atoms with Crippen LogP contribution in [0.25, 0.3) is 0 Å². The minimum atomic E-state index is -0.496. The molecule has 1 aliphatic heterocycles. The van der Waals surface area contributed by atoms with Crippen molar-refractivity contribution in [2.24, 2.45) is 5.92 Å². The first-order valence-electron chi connectivity index (χ1n) is 6.18. The van der Waals surface area contributed by atoms with Crippen LogP contribution in [0.4, 0.5) is 8.78 Å². The maximum absolute atomic E-state index is 13.4. The Hall–Kier alpha value is -0.900. The molecule has 18 heavy (non-hydrogen) atoms. The summed E-state index contributed by atoms with van der Waals surface area (Å²) in [5, 5.41) is 0. The van der Waals surface area contributed by atoms with Crippen LogP contribution in [0.15, 0.2) is 18.2 Å². The first kappa shape index (κ1) is 13.5. The molecule has 1 aliphatic rings. The van der Waals surface area contributed by atoms with Gasteiger partial charge in [0.2, 0.25) is 0 Å². The molecule has 0 aromatic heterocycles. The minimum Gasteiger partial charge on any atom is -0.299 e. The van der Waals surface area contributed by atoms with Gasteiger partial charge in [0.1, 0.15) is 17.4 Å². The molecule has 1 saturated heterocycles. The first-order chi connectivity index (χ1) is 8.65. The van der Waals surface area contributed by atoms with Gasteiger partial charge in [-0.15, -0.1) is 0 Å². The van der Waals surface area contributed by atoms with E-state index in [1.165, 1.54) is 0 Å². The zero-order chi connectivity index (χ0) is 13.0. The fourth-order valence-electron chi connectivity index (χ4n) is 2.24. The molecule has 0 saturated carbocycles. The Kier molecular flexibility index (Phi) is 4.75. The van der Waals surface area contributed by atoms with E-state index in [9.17, 15) is 13.6 Å². The molecule has 1 nitrogen and oxygen atoms in total. The lowest BCUT2D eigenvalue weighted by Gasteiger charge is -2.20. The van der Waals surface area contributed by atoms with Gasteiger partial charge in [-0.25, -0.2) is 8.78 Å². The van der Waals surface area contributed by atoms with Crippen LogP contribution in [0.3, 0.4) is 0 Å². The van der Waals surface area contributed by atoms with Gasteiger partial charge in [-0.1, -0.05) is 0 Å². The summed E-state index contributed by atoms with van der Waals surface area (Å²) in [5.41, 5.74) is 0.171. The Balaban J connectivity index is 1.92. The second kappa shape index (κ2) is 6.32. The number of thioether (sulfide) groups is 1. The van der Waals surface area contributed by atoms with Crippen molar-refractivity contribution in [3.63, 3.8) is 0 Å². The number of hydrogen-bond acceptors (Lipinski definition) is 2. The topological polar surface area (TPSA) is 17.1 Å². The number of Topliss-reactive ketones (excluding diaryl/α,β-unsaturated/α-hetero) is 1. The van der Waals surface area contributed by atoms with Gasteiger partial charge in [-0.05, 0) is 54.0 Å². The molecule has 2 rings (SSSR count). The van der Waals surface area contributed by atoms with Gasteiger partial charge >= 0.3 is 0 Å². The van der Waals surface area contributed by atoms with Gasteiger partial charge < -0.3 is 0 Å². The van der Waals surface area contributed by atoms with Gasteiger partial charge in [0.15, 0.2) is 0 Å². The van der Waals surface area contributed by atoms with E-state index < -0.39 is 11.6 Å². The second-order valence-corrected chi connectivity index (χ2v) is 5.94. The molecule has 0 atom stereocenters. The quantitative estimate of drug-likeness (QED) is 0.831. The van der Waals surface area contributed by atoms with E-state index >= 15 is 0 Å². The SMILES string of the molecule is O=C(Cc1cc(F)ccc1F)CC1CCSCC1. The minimum absolute atomic E-state index is 0.00718. The summed E-state index contributed by atoms with van der Waals surface area (Å²) >= 11 is 1.91. The predicted octanol–water partition coefficient (Wildman–Crippen LogP) is 3.61. The number of ketones is 1. The highest BCUT2D eigenvalue weighted by Gasteiger charge is 2.18. The molecule has 1 aromatic carbocycles. The lowest BCUT2D eigenvalue weighted by Crippen LogP contribution is -2.16. The molecule has 0 radical (unpaired) electrons. The zero-order valence-corrected chi connectivity index (χ0v) is 10.9. The molecule has 0 bridgehead atoms. The summed E-state index contributed by atoms with van der Waals surface area (Å²) in [6.07, 6.45) is 2.62.